The summed E-state index contributed by atoms with van der Waals surface area (Å²) in [4.78, 5) is 22.8. The summed E-state index contributed by atoms with van der Waals surface area (Å²) in [7, 11) is 3.38. The second-order valence-electron chi connectivity index (χ2n) is 5.11. The van der Waals surface area contributed by atoms with Crippen molar-refractivity contribution in [3.8, 4) is 0 Å². The number of hydrogen-bond acceptors (Lipinski definition) is 2. The molecule has 1 aromatic carbocycles. The first-order valence-electron chi connectivity index (χ1n) is 6.63. The Morgan fingerprint density at radius 2 is 1.53 bits per heavy atom. The molecule has 0 saturated carbocycles. The van der Waals surface area contributed by atoms with Gasteiger partial charge in [-0.2, -0.15) is 0 Å². The van der Waals surface area contributed by atoms with Gasteiger partial charge in [-0.3, -0.25) is 9.59 Å². The molecule has 0 atom stereocenters. The second kappa shape index (κ2) is 5.83. The van der Waals surface area contributed by atoms with Crippen LogP contribution in [-0.2, 0) is 4.79 Å². The average molecular weight is 257 g/mol. The van der Waals surface area contributed by atoms with Gasteiger partial charge in [-0.25, -0.2) is 0 Å². The van der Waals surface area contributed by atoms with Crippen LogP contribution in [0.15, 0.2) is 29.8 Å². The molecule has 0 fully saturated rings. The van der Waals surface area contributed by atoms with Crippen molar-refractivity contribution in [1.29, 1.82) is 0 Å². The number of allylic oxidation sites excluding steroid dienone is 2. The van der Waals surface area contributed by atoms with Gasteiger partial charge in [0.05, 0.1) is 0 Å². The van der Waals surface area contributed by atoms with Gasteiger partial charge in [0.15, 0.2) is 5.78 Å². The predicted octanol–water partition coefficient (Wildman–Crippen LogP) is 2.91. The van der Waals surface area contributed by atoms with Crippen LogP contribution in [0.1, 0.15) is 41.6 Å². The maximum absolute atomic E-state index is 12.0. The number of hydrogen-bond donors (Lipinski definition) is 0. The lowest BCUT2D eigenvalue weighted by molar-refractivity contribution is -0.115. The molecule has 2 aliphatic rings. The largest absolute Gasteiger partial charge is 0.351 e. The molecule has 0 heterocycles. The summed E-state index contributed by atoms with van der Waals surface area (Å²) in [6.45, 7) is 0. The van der Waals surface area contributed by atoms with E-state index in [1.165, 1.54) is 28.9 Å². The zero-order valence-electron chi connectivity index (χ0n) is 11.5. The molecule has 3 nitrogen and oxygen atoms in total. The minimum absolute atomic E-state index is 0.287. The van der Waals surface area contributed by atoms with E-state index in [0.717, 1.165) is 30.4 Å². The summed E-state index contributed by atoms with van der Waals surface area (Å²) < 4.78 is 0. The van der Waals surface area contributed by atoms with Gasteiger partial charge in [0.1, 0.15) is 0 Å². The average Bonchev–Trinajstić information content (AvgIpc) is 2.74. The van der Waals surface area contributed by atoms with E-state index in [9.17, 15) is 9.59 Å². The topological polar surface area (TPSA) is 37.4 Å². The molecular weight excluding hydrogens is 238 g/mol. The SMILES string of the molecule is CN(C)C=O.O=C1C2=C(CCCC2)c2ccccc21. The van der Waals surface area contributed by atoms with E-state index in [1.807, 2.05) is 18.2 Å². The van der Waals surface area contributed by atoms with E-state index >= 15 is 0 Å². The smallest absolute Gasteiger partial charge is 0.209 e. The lowest BCUT2D eigenvalue weighted by atomic mass is 9.92. The Kier molecular flexibility index (Phi) is 4.15. The number of carbonyl (C=O) groups excluding carboxylic acids is 2. The van der Waals surface area contributed by atoms with E-state index in [4.69, 9.17) is 0 Å². The number of ketones is 1. The fourth-order valence-corrected chi connectivity index (χ4v) is 2.56. The third-order valence-corrected chi connectivity index (χ3v) is 3.45. The highest BCUT2D eigenvalue weighted by Gasteiger charge is 2.29. The number of carbonyl (C=O) groups is 2. The maximum Gasteiger partial charge on any atom is 0.209 e. The van der Waals surface area contributed by atoms with Crippen molar-refractivity contribution in [2.75, 3.05) is 14.1 Å². The highest BCUT2D eigenvalue weighted by Crippen LogP contribution is 2.40. The monoisotopic (exact) mass is 257 g/mol. The van der Waals surface area contributed by atoms with Gasteiger partial charge in [0.2, 0.25) is 6.41 Å². The normalized spacial score (nSPS) is 16.2. The standard InChI is InChI=1S/C13H12O.C3H7NO/c14-13-11-7-3-1-5-9(11)10-6-2-4-8-12(10)13;1-4(2)3-5/h1,3,5,7H,2,4,6,8H2;3H,1-2H3. The van der Waals surface area contributed by atoms with Crippen LogP contribution in [0.2, 0.25) is 0 Å². The predicted molar refractivity (Wildman–Crippen MR) is 75.9 cm³/mol. The van der Waals surface area contributed by atoms with E-state index in [2.05, 4.69) is 6.07 Å². The van der Waals surface area contributed by atoms with Crippen molar-refractivity contribution in [2.24, 2.45) is 0 Å². The number of rotatable bonds is 1. The van der Waals surface area contributed by atoms with Crippen LogP contribution >= 0.6 is 0 Å². The molecule has 0 radical (unpaired) electrons. The molecule has 0 spiro atoms. The Bertz CT molecular complexity index is 529. The van der Waals surface area contributed by atoms with Crippen molar-refractivity contribution in [3.63, 3.8) is 0 Å². The van der Waals surface area contributed by atoms with Crippen molar-refractivity contribution in [3.05, 3.63) is 41.0 Å². The van der Waals surface area contributed by atoms with E-state index in [1.54, 1.807) is 14.1 Å². The minimum atomic E-state index is 0.287. The first-order chi connectivity index (χ1) is 9.15. The fraction of sp³-hybridized carbons (Fsp3) is 0.375. The van der Waals surface area contributed by atoms with Crippen LogP contribution < -0.4 is 0 Å². The van der Waals surface area contributed by atoms with Crippen molar-refractivity contribution in [1.82, 2.24) is 4.90 Å². The van der Waals surface area contributed by atoms with Crippen LogP contribution in [-0.4, -0.2) is 31.2 Å². The van der Waals surface area contributed by atoms with Gasteiger partial charge < -0.3 is 4.90 Å². The van der Waals surface area contributed by atoms with Gasteiger partial charge in [0.25, 0.3) is 0 Å². The zero-order chi connectivity index (χ0) is 13.8. The number of fused-ring (bicyclic) bond motifs is 2. The van der Waals surface area contributed by atoms with E-state index in [-0.39, 0.29) is 5.78 Å². The Hall–Kier alpha value is -1.90. The molecule has 0 N–H and O–H groups in total. The third kappa shape index (κ3) is 2.75. The van der Waals surface area contributed by atoms with E-state index in [0.29, 0.717) is 0 Å². The molecule has 100 valence electrons. The first-order valence-corrected chi connectivity index (χ1v) is 6.63. The molecule has 1 aromatic rings. The highest BCUT2D eigenvalue weighted by molar-refractivity contribution is 6.20. The molecular formula is C16H19NO2. The van der Waals surface area contributed by atoms with Gasteiger partial charge >= 0.3 is 0 Å². The summed E-state index contributed by atoms with van der Waals surface area (Å²) >= 11 is 0. The molecule has 3 heteroatoms. The lowest BCUT2D eigenvalue weighted by Gasteiger charge is -2.12. The highest BCUT2D eigenvalue weighted by atomic mass is 16.1. The number of nitrogens with zero attached hydrogens (tertiary/aromatic N) is 1. The molecule has 0 bridgehead atoms. The Labute approximate surface area is 113 Å². The van der Waals surface area contributed by atoms with Gasteiger partial charge in [-0.1, -0.05) is 24.3 Å². The third-order valence-electron chi connectivity index (χ3n) is 3.45. The first kappa shape index (κ1) is 13.5. The van der Waals surface area contributed by atoms with Crippen molar-refractivity contribution in [2.45, 2.75) is 25.7 Å². The van der Waals surface area contributed by atoms with Crippen molar-refractivity contribution >= 4 is 17.8 Å². The molecule has 0 aliphatic heterocycles. The summed E-state index contributed by atoms with van der Waals surface area (Å²) in [5.41, 5.74) is 4.56. The summed E-state index contributed by atoms with van der Waals surface area (Å²) in [6.07, 6.45) is 5.25. The van der Waals surface area contributed by atoms with Crippen LogP contribution in [0, 0.1) is 0 Å². The lowest BCUT2D eigenvalue weighted by Crippen LogP contribution is -2.06. The Morgan fingerprint density at radius 3 is 2.11 bits per heavy atom. The fourth-order valence-electron chi connectivity index (χ4n) is 2.56. The minimum Gasteiger partial charge on any atom is -0.351 e. The maximum atomic E-state index is 12.0. The molecule has 0 saturated heterocycles. The van der Waals surface area contributed by atoms with Crippen LogP contribution in [0.5, 0.6) is 0 Å². The Balaban J connectivity index is 0.000000232. The molecule has 0 unspecified atom stereocenters. The quantitative estimate of drug-likeness (QED) is 0.725. The zero-order valence-corrected chi connectivity index (χ0v) is 11.5. The van der Waals surface area contributed by atoms with Gasteiger partial charge in [0, 0.05) is 25.2 Å². The van der Waals surface area contributed by atoms with Gasteiger partial charge in [-0.15, -0.1) is 0 Å². The molecule has 3 rings (SSSR count). The van der Waals surface area contributed by atoms with Crippen LogP contribution in [0.3, 0.4) is 0 Å². The summed E-state index contributed by atoms with van der Waals surface area (Å²) in [5, 5.41) is 0. The molecule has 0 aromatic heterocycles. The van der Waals surface area contributed by atoms with E-state index < -0.39 is 0 Å². The molecule has 2 aliphatic carbocycles. The van der Waals surface area contributed by atoms with Gasteiger partial charge in [-0.05, 0) is 36.8 Å². The number of benzene rings is 1. The number of amides is 1. The molecule has 19 heavy (non-hydrogen) atoms. The Morgan fingerprint density at radius 1 is 1.00 bits per heavy atom. The summed E-state index contributed by atoms with van der Waals surface area (Å²) in [5.74, 6) is 0.287. The van der Waals surface area contributed by atoms with Crippen LogP contribution in [0.4, 0.5) is 0 Å². The van der Waals surface area contributed by atoms with Crippen molar-refractivity contribution < 1.29 is 9.59 Å². The molecule has 1 amide bonds. The van der Waals surface area contributed by atoms with Crippen LogP contribution in [0.25, 0.3) is 5.57 Å². The number of Topliss-reactive ketones (excluding diaryl/α,β-unsaturated/α-hetero) is 1. The second-order valence-corrected chi connectivity index (χ2v) is 5.11. The summed E-state index contributed by atoms with van der Waals surface area (Å²) in [6, 6.07) is 8.02.